The number of pyridine rings is 2. The monoisotopic (exact) mass is 379 g/mol. The number of nitrogens with zero attached hydrogens (tertiary/aromatic N) is 4. The summed E-state index contributed by atoms with van der Waals surface area (Å²) in [4.78, 5) is 20.3. The highest BCUT2D eigenvalue weighted by Crippen LogP contribution is 2.18. The Hall–Kier alpha value is -3.59. The van der Waals surface area contributed by atoms with Crippen LogP contribution in [0.15, 0.2) is 78.2 Å². The van der Waals surface area contributed by atoms with E-state index in [-0.39, 0.29) is 16.4 Å². The quantitative estimate of drug-likeness (QED) is 0.583. The van der Waals surface area contributed by atoms with Crippen molar-refractivity contribution in [1.29, 1.82) is 0 Å². The molecule has 0 saturated carbocycles. The van der Waals surface area contributed by atoms with Gasteiger partial charge in [-0.3, -0.25) is 9.78 Å². The fourth-order valence-corrected chi connectivity index (χ4v) is 3.55. The molecule has 27 heavy (non-hydrogen) atoms. The molecule has 0 spiro atoms. The van der Waals surface area contributed by atoms with Crippen molar-refractivity contribution in [3.8, 4) is 0 Å². The fraction of sp³-hybridized carbons (Fsp3) is 0. The van der Waals surface area contributed by atoms with Gasteiger partial charge in [0.15, 0.2) is 5.03 Å². The first kappa shape index (κ1) is 16.9. The van der Waals surface area contributed by atoms with E-state index in [2.05, 4.69) is 20.4 Å². The van der Waals surface area contributed by atoms with Gasteiger partial charge in [0.1, 0.15) is 5.69 Å². The number of carbonyl (C=O) groups is 1. The molecule has 3 heterocycles. The zero-order chi connectivity index (χ0) is 18.9. The molecule has 0 fully saturated rings. The number of carbonyl (C=O) groups excluding carboxylic acids is 1. The zero-order valence-corrected chi connectivity index (χ0v) is 14.7. The first-order valence-corrected chi connectivity index (χ1v) is 9.36. The number of hydrogen-bond donors (Lipinski definition) is 1. The number of aromatic nitrogens is 4. The Morgan fingerprint density at radius 3 is 2.63 bits per heavy atom. The van der Waals surface area contributed by atoms with Crippen molar-refractivity contribution in [3.05, 3.63) is 78.9 Å². The maximum Gasteiger partial charge on any atom is 0.300 e. The molecule has 4 rings (SSSR count). The third-order valence-electron chi connectivity index (χ3n) is 3.80. The molecule has 0 aliphatic heterocycles. The SMILES string of the molecule is O=C(Nc1cnn(S(=O)(=O)c2ccc3ccccc3n2)c1)c1ccccn1. The van der Waals surface area contributed by atoms with Crippen molar-refractivity contribution >= 4 is 32.5 Å². The zero-order valence-electron chi connectivity index (χ0n) is 13.9. The lowest BCUT2D eigenvalue weighted by Gasteiger charge is -2.05. The highest BCUT2D eigenvalue weighted by Gasteiger charge is 2.21. The van der Waals surface area contributed by atoms with Crippen LogP contribution < -0.4 is 5.32 Å². The lowest BCUT2D eigenvalue weighted by molar-refractivity contribution is 0.102. The van der Waals surface area contributed by atoms with Gasteiger partial charge in [-0.15, -0.1) is 0 Å². The summed E-state index contributed by atoms with van der Waals surface area (Å²) in [5, 5.41) is 7.11. The summed E-state index contributed by atoms with van der Waals surface area (Å²) in [6.45, 7) is 0. The smallest absolute Gasteiger partial charge is 0.300 e. The Morgan fingerprint density at radius 2 is 1.81 bits per heavy atom. The molecular weight excluding hydrogens is 366 g/mol. The third-order valence-corrected chi connectivity index (χ3v) is 5.25. The van der Waals surface area contributed by atoms with Gasteiger partial charge in [-0.2, -0.15) is 17.6 Å². The summed E-state index contributed by atoms with van der Waals surface area (Å²) < 4.78 is 26.3. The molecule has 0 saturated heterocycles. The minimum absolute atomic E-state index is 0.132. The van der Waals surface area contributed by atoms with Crippen LogP contribution >= 0.6 is 0 Å². The van der Waals surface area contributed by atoms with E-state index in [0.717, 1.165) is 9.47 Å². The molecule has 4 aromatic rings. The van der Waals surface area contributed by atoms with E-state index in [9.17, 15) is 13.2 Å². The number of anilines is 1. The van der Waals surface area contributed by atoms with Gasteiger partial charge in [0.05, 0.1) is 23.6 Å². The molecule has 8 nitrogen and oxygen atoms in total. The van der Waals surface area contributed by atoms with Gasteiger partial charge in [0.25, 0.3) is 15.9 Å². The van der Waals surface area contributed by atoms with Crippen molar-refractivity contribution in [2.45, 2.75) is 5.03 Å². The summed E-state index contributed by atoms with van der Waals surface area (Å²) in [6.07, 6.45) is 3.96. The van der Waals surface area contributed by atoms with Crippen LogP contribution in [-0.4, -0.2) is 33.5 Å². The van der Waals surface area contributed by atoms with E-state index in [1.54, 1.807) is 36.4 Å². The number of nitrogens with one attached hydrogen (secondary N) is 1. The summed E-state index contributed by atoms with van der Waals surface area (Å²) in [5.41, 5.74) is 1.01. The second-order valence-corrected chi connectivity index (χ2v) is 7.36. The Kier molecular flexibility index (Phi) is 4.13. The molecule has 0 atom stereocenters. The Balaban J connectivity index is 1.62. The van der Waals surface area contributed by atoms with E-state index in [1.807, 2.05) is 12.1 Å². The molecule has 0 aliphatic rings. The van der Waals surface area contributed by atoms with E-state index in [1.165, 1.54) is 24.7 Å². The number of hydrogen-bond acceptors (Lipinski definition) is 6. The normalized spacial score (nSPS) is 11.4. The third kappa shape index (κ3) is 3.27. The van der Waals surface area contributed by atoms with E-state index < -0.39 is 15.9 Å². The summed E-state index contributed by atoms with van der Waals surface area (Å²) in [7, 11) is -3.98. The Morgan fingerprint density at radius 1 is 1.00 bits per heavy atom. The fourth-order valence-electron chi connectivity index (χ4n) is 2.48. The average molecular weight is 379 g/mol. The maximum absolute atomic E-state index is 12.8. The van der Waals surface area contributed by atoms with Crippen molar-refractivity contribution in [2.24, 2.45) is 0 Å². The van der Waals surface area contributed by atoms with Crippen molar-refractivity contribution in [2.75, 3.05) is 5.32 Å². The number of benzene rings is 1. The van der Waals surface area contributed by atoms with Crippen LogP contribution in [0.3, 0.4) is 0 Å². The maximum atomic E-state index is 12.8. The first-order valence-electron chi connectivity index (χ1n) is 7.92. The van der Waals surface area contributed by atoms with Gasteiger partial charge in [0, 0.05) is 11.6 Å². The van der Waals surface area contributed by atoms with Gasteiger partial charge < -0.3 is 5.32 Å². The van der Waals surface area contributed by atoms with Crippen LogP contribution in [0.1, 0.15) is 10.5 Å². The van der Waals surface area contributed by atoms with Gasteiger partial charge in [-0.25, -0.2) is 4.98 Å². The van der Waals surface area contributed by atoms with Gasteiger partial charge >= 0.3 is 0 Å². The number of para-hydroxylation sites is 1. The van der Waals surface area contributed by atoms with Crippen LogP contribution in [0, 0.1) is 0 Å². The predicted molar refractivity (Wildman–Crippen MR) is 98.7 cm³/mol. The van der Waals surface area contributed by atoms with E-state index in [4.69, 9.17) is 0 Å². The topological polar surface area (TPSA) is 107 Å². The molecule has 0 unspecified atom stereocenters. The Labute approximate surface area is 154 Å². The average Bonchev–Trinajstić information content (AvgIpc) is 3.17. The predicted octanol–water partition coefficient (Wildman–Crippen LogP) is 2.32. The Bertz CT molecular complexity index is 1240. The summed E-state index contributed by atoms with van der Waals surface area (Å²) >= 11 is 0. The molecule has 1 aromatic carbocycles. The van der Waals surface area contributed by atoms with Crippen molar-refractivity contribution in [1.82, 2.24) is 19.2 Å². The van der Waals surface area contributed by atoms with Crippen LogP contribution in [-0.2, 0) is 10.0 Å². The first-order chi connectivity index (χ1) is 13.0. The molecule has 0 aliphatic carbocycles. The van der Waals surface area contributed by atoms with Crippen LogP contribution in [0.25, 0.3) is 10.9 Å². The standard InChI is InChI=1S/C18H13N5O3S/c24-18(16-7-3-4-10-19-16)21-14-11-20-23(12-14)27(25,26)17-9-8-13-5-1-2-6-15(13)22-17/h1-12H,(H,21,24). The highest BCUT2D eigenvalue weighted by atomic mass is 32.2. The number of fused-ring (bicyclic) bond motifs is 1. The van der Waals surface area contributed by atoms with Crippen molar-refractivity contribution < 1.29 is 13.2 Å². The molecule has 1 amide bonds. The lowest BCUT2D eigenvalue weighted by Crippen LogP contribution is -2.15. The molecule has 0 radical (unpaired) electrons. The molecule has 1 N–H and O–H groups in total. The van der Waals surface area contributed by atoms with Crippen LogP contribution in [0.4, 0.5) is 5.69 Å². The van der Waals surface area contributed by atoms with Crippen LogP contribution in [0.2, 0.25) is 0 Å². The highest BCUT2D eigenvalue weighted by molar-refractivity contribution is 7.89. The minimum Gasteiger partial charge on any atom is -0.318 e. The van der Waals surface area contributed by atoms with Crippen LogP contribution in [0.5, 0.6) is 0 Å². The van der Waals surface area contributed by atoms with Gasteiger partial charge in [-0.05, 0) is 30.3 Å². The second-order valence-electron chi connectivity index (χ2n) is 5.62. The molecule has 134 valence electrons. The van der Waals surface area contributed by atoms with E-state index >= 15 is 0 Å². The van der Waals surface area contributed by atoms with E-state index in [0.29, 0.717) is 5.52 Å². The molecule has 9 heteroatoms. The van der Waals surface area contributed by atoms with Crippen molar-refractivity contribution in [3.63, 3.8) is 0 Å². The van der Waals surface area contributed by atoms with Gasteiger partial charge in [0.2, 0.25) is 0 Å². The number of rotatable bonds is 4. The number of amides is 1. The largest absolute Gasteiger partial charge is 0.318 e. The summed E-state index contributed by atoms with van der Waals surface area (Å²) in [5.74, 6) is -0.462. The minimum atomic E-state index is -3.98. The lowest BCUT2D eigenvalue weighted by atomic mass is 10.2. The van der Waals surface area contributed by atoms with Gasteiger partial charge in [-0.1, -0.05) is 24.3 Å². The summed E-state index contributed by atoms with van der Waals surface area (Å²) in [6, 6.07) is 15.2. The second kappa shape index (κ2) is 6.61. The molecule has 3 aromatic heterocycles. The molecule has 0 bridgehead atoms. The molecular formula is C18H13N5O3S.